The highest BCUT2D eigenvalue weighted by Gasteiger charge is 2.21. The van der Waals surface area contributed by atoms with Crippen LogP contribution in [0.4, 0.5) is 11.4 Å². The lowest BCUT2D eigenvalue weighted by Gasteiger charge is -2.07. The highest BCUT2D eigenvalue weighted by molar-refractivity contribution is 5.83. The van der Waals surface area contributed by atoms with E-state index in [-0.39, 0.29) is 18.1 Å². The van der Waals surface area contributed by atoms with Gasteiger partial charge in [0.15, 0.2) is 6.61 Å². The van der Waals surface area contributed by atoms with Crippen LogP contribution in [0.25, 0.3) is 0 Å². The zero-order valence-electron chi connectivity index (χ0n) is 17.3. The van der Waals surface area contributed by atoms with E-state index in [1.807, 2.05) is 19.1 Å². The second-order valence-corrected chi connectivity index (χ2v) is 6.69. The van der Waals surface area contributed by atoms with Crippen molar-refractivity contribution in [2.45, 2.75) is 6.92 Å². The van der Waals surface area contributed by atoms with Crippen molar-refractivity contribution >= 4 is 23.5 Å². The number of nitrogens with one attached hydrogen (secondary N) is 1. The van der Waals surface area contributed by atoms with Gasteiger partial charge in [0.2, 0.25) is 5.75 Å². The Bertz CT molecular complexity index is 1230. The number of carbonyl (C=O) groups is 1. The van der Waals surface area contributed by atoms with Crippen LogP contribution in [0.1, 0.15) is 11.1 Å². The van der Waals surface area contributed by atoms with E-state index in [0.29, 0.717) is 11.3 Å². The minimum absolute atomic E-state index is 0.152. The molecule has 0 aromatic heterocycles. The monoisotopic (exact) mass is 450 g/mol. The number of rotatable bonds is 9. The highest BCUT2D eigenvalue weighted by Crippen LogP contribution is 2.34. The predicted octanol–water partition coefficient (Wildman–Crippen LogP) is 4.13. The summed E-state index contributed by atoms with van der Waals surface area (Å²) in [5.74, 6) is 0.233. The zero-order chi connectivity index (χ0) is 23.8. The topological polar surface area (TPSA) is 146 Å². The lowest BCUT2D eigenvalue weighted by atomic mass is 10.2. The second kappa shape index (κ2) is 10.5. The van der Waals surface area contributed by atoms with Crippen LogP contribution < -0.4 is 14.9 Å². The Hall–Kier alpha value is -4.80. The number of nitrogens with zero attached hydrogens (tertiary/aromatic N) is 3. The number of hydrogen-bond acceptors (Lipinski definition) is 8. The zero-order valence-corrected chi connectivity index (χ0v) is 17.3. The number of aryl methyl sites for hydroxylation is 1. The van der Waals surface area contributed by atoms with E-state index in [1.54, 1.807) is 30.3 Å². The van der Waals surface area contributed by atoms with Crippen molar-refractivity contribution in [3.05, 3.63) is 98.1 Å². The Labute approximate surface area is 187 Å². The second-order valence-electron chi connectivity index (χ2n) is 6.69. The summed E-state index contributed by atoms with van der Waals surface area (Å²) in [6, 6.07) is 16.8. The number of benzene rings is 3. The average molecular weight is 450 g/mol. The molecule has 1 amide bonds. The standard InChI is InChI=1S/C22H18N4O7/c1-15-5-2-3-8-20(15)32-14-22(27)24-23-13-16-6-4-7-18(11-16)33-21-10-9-17(25(28)29)12-19(21)26(30)31/h2-13H,14H2,1H3,(H,24,27)/b23-13+. The fourth-order valence-corrected chi connectivity index (χ4v) is 2.71. The molecular weight excluding hydrogens is 432 g/mol. The van der Waals surface area contributed by atoms with Crippen LogP contribution in [0.2, 0.25) is 0 Å². The largest absolute Gasteiger partial charge is 0.483 e. The molecule has 33 heavy (non-hydrogen) atoms. The first kappa shape index (κ1) is 22.9. The van der Waals surface area contributed by atoms with Gasteiger partial charge in [0, 0.05) is 6.07 Å². The molecule has 168 valence electrons. The van der Waals surface area contributed by atoms with E-state index >= 15 is 0 Å². The summed E-state index contributed by atoms with van der Waals surface area (Å²) in [7, 11) is 0. The average Bonchev–Trinajstić information content (AvgIpc) is 2.79. The smallest absolute Gasteiger partial charge is 0.318 e. The molecule has 1 N–H and O–H groups in total. The third-order valence-electron chi connectivity index (χ3n) is 4.29. The first-order valence-corrected chi connectivity index (χ1v) is 9.54. The molecule has 11 nitrogen and oxygen atoms in total. The number of non-ortho nitro benzene ring substituents is 1. The van der Waals surface area contributed by atoms with Crippen molar-refractivity contribution in [2.75, 3.05) is 6.61 Å². The third kappa shape index (κ3) is 6.34. The van der Waals surface area contributed by atoms with E-state index in [0.717, 1.165) is 23.8 Å². The molecule has 0 aliphatic carbocycles. The van der Waals surface area contributed by atoms with Crippen LogP contribution in [0.3, 0.4) is 0 Å². The van der Waals surface area contributed by atoms with Crippen LogP contribution >= 0.6 is 0 Å². The fourth-order valence-electron chi connectivity index (χ4n) is 2.71. The molecule has 11 heteroatoms. The molecule has 0 spiro atoms. The number of amides is 1. The molecule has 0 fully saturated rings. The maximum absolute atomic E-state index is 11.9. The first-order valence-electron chi connectivity index (χ1n) is 9.54. The van der Waals surface area contributed by atoms with Crippen molar-refractivity contribution < 1.29 is 24.1 Å². The normalized spacial score (nSPS) is 10.6. The lowest BCUT2D eigenvalue weighted by molar-refractivity contribution is -0.394. The molecule has 3 aromatic carbocycles. The van der Waals surface area contributed by atoms with Crippen LogP contribution in [-0.4, -0.2) is 28.6 Å². The molecule has 0 heterocycles. The lowest BCUT2D eigenvalue weighted by Crippen LogP contribution is -2.24. The maximum atomic E-state index is 11.9. The molecule has 0 radical (unpaired) electrons. The van der Waals surface area contributed by atoms with Gasteiger partial charge in [0.25, 0.3) is 11.6 Å². The van der Waals surface area contributed by atoms with E-state index in [2.05, 4.69) is 10.5 Å². The van der Waals surface area contributed by atoms with E-state index in [1.165, 1.54) is 12.3 Å². The van der Waals surface area contributed by atoms with Gasteiger partial charge < -0.3 is 9.47 Å². The van der Waals surface area contributed by atoms with Crippen molar-refractivity contribution in [1.82, 2.24) is 5.43 Å². The van der Waals surface area contributed by atoms with E-state index in [4.69, 9.17) is 9.47 Å². The molecule has 0 bridgehead atoms. The van der Waals surface area contributed by atoms with Crippen LogP contribution in [0.5, 0.6) is 17.2 Å². The SMILES string of the molecule is Cc1ccccc1OCC(=O)N/N=C/c1cccc(Oc2ccc([N+](=O)[O-])cc2[N+](=O)[O-])c1. The molecular formula is C22H18N4O7. The number of carbonyl (C=O) groups excluding carboxylic acids is 1. The van der Waals surface area contributed by atoms with Gasteiger partial charge in [-0.15, -0.1) is 0 Å². The number of para-hydroxylation sites is 1. The Morgan fingerprint density at radius 3 is 2.52 bits per heavy atom. The number of nitro benzene ring substituents is 2. The number of hydrogen-bond donors (Lipinski definition) is 1. The molecule has 0 unspecified atom stereocenters. The summed E-state index contributed by atoms with van der Waals surface area (Å²) in [4.78, 5) is 32.5. The third-order valence-corrected chi connectivity index (χ3v) is 4.29. The highest BCUT2D eigenvalue weighted by atomic mass is 16.6. The fraction of sp³-hybridized carbons (Fsp3) is 0.0909. The molecule has 0 aliphatic heterocycles. The molecule has 0 aliphatic rings. The van der Waals surface area contributed by atoms with Gasteiger partial charge in [-0.1, -0.05) is 30.3 Å². The minimum Gasteiger partial charge on any atom is -0.483 e. The number of ether oxygens (including phenoxy) is 2. The Kier molecular flexibility index (Phi) is 7.27. The van der Waals surface area contributed by atoms with Gasteiger partial charge in [0.05, 0.1) is 22.1 Å². The van der Waals surface area contributed by atoms with Gasteiger partial charge >= 0.3 is 5.69 Å². The van der Waals surface area contributed by atoms with Gasteiger partial charge in [-0.3, -0.25) is 25.0 Å². The predicted molar refractivity (Wildman–Crippen MR) is 119 cm³/mol. The Morgan fingerprint density at radius 1 is 1.00 bits per heavy atom. The minimum atomic E-state index is -0.762. The molecule has 0 atom stereocenters. The summed E-state index contributed by atoms with van der Waals surface area (Å²) in [5, 5.41) is 26.0. The van der Waals surface area contributed by atoms with Crippen molar-refractivity contribution in [3.8, 4) is 17.2 Å². The summed E-state index contributed by atoms with van der Waals surface area (Å²) in [5.41, 5.74) is 2.83. The van der Waals surface area contributed by atoms with Crippen molar-refractivity contribution in [2.24, 2.45) is 5.10 Å². The van der Waals surface area contributed by atoms with Crippen LogP contribution in [-0.2, 0) is 4.79 Å². The van der Waals surface area contributed by atoms with Gasteiger partial charge in [-0.2, -0.15) is 5.10 Å². The summed E-state index contributed by atoms with van der Waals surface area (Å²) >= 11 is 0. The van der Waals surface area contributed by atoms with Gasteiger partial charge in [-0.25, -0.2) is 5.43 Å². The van der Waals surface area contributed by atoms with Crippen molar-refractivity contribution in [1.29, 1.82) is 0 Å². The maximum Gasteiger partial charge on any atom is 0.318 e. The Morgan fingerprint density at radius 2 is 1.79 bits per heavy atom. The molecule has 3 rings (SSSR count). The van der Waals surface area contributed by atoms with E-state index in [9.17, 15) is 25.0 Å². The van der Waals surface area contributed by atoms with Gasteiger partial charge in [0.1, 0.15) is 11.5 Å². The number of hydrazone groups is 1. The quantitative estimate of drug-likeness (QED) is 0.293. The van der Waals surface area contributed by atoms with Crippen molar-refractivity contribution in [3.63, 3.8) is 0 Å². The Balaban J connectivity index is 1.62. The molecule has 0 saturated heterocycles. The summed E-state index contributed by atoms with van der Waals surface area (Å²) < 4.78 is 11.0. The van der Waals surface area contributed by atoms with Crippen LogP contribution in [0.15, 0.2) is 71.8 Å². The molecule has 0 saturated carbocycles. The van der Waals surface area contributed by atoms with E-state index < -0.39 is 27.1 Å². The summed E-state index contributed by atoms with van der Waals surface area (Å²) in [6.45, 7) is 1.65. The molecule has 3 aromatic rings. The van der Waals surface area contributed by atoms with Gasteiger partial charge in [-0.05, 0) is 42.3 Å². The first-order chi connectivity index (χ1) is 15.8. The number of nitro groups is 2. The van der Waals surface area contributed by atoms with Crippen LogP contribution in [0, 0.1) is 27.2 Å². The summed E-state index contributed by atoms with van der Waals surface area (Å²) in [6.07, 6.45) is 1.36.